The number of anilines is 1. The Morgan fingerprint density at radius 2 is 2.29 bits per heavy atom. The van der Waals surface area contributed by atoms with Gasteiger partial charge in [0.2, 0.25) is 0 Å². The molecule has 0 saturated heterocycles. The van der Waals surface area contributed by atoms with Gasteiger partial charge in [-0.15, -0.1) is 0 Å². The monoisotopic (exact) mass is 329 g/mol. The molecule has 0 atom stereocenters. The van der Waals surface area contributed by atoms with E-state index < -0.39 is 0 Å². The lowest BCUT2D eigenvalue weighted by Gasteiger charge is -2.25. The van der Waals surface area contributed by atoms with Gasteiger partial charge in [-0.1, -0.05) is 12.5 Å². The maximum absolute atomic E-state index is 12.5. The lowest BCUT2D eigenvalue weighted by Crippen LogP contribution is -2.37. The fraction of sp³-hybridized carbons (Fsp3) is 0.444. The molecular weight excluding hydrogens is 306 g/mol. The molecule has 0 unspecified atom stereocenters. The van der Waals surface area contributed by atoms with Crippen molar-refractivity contribution in [2.45, 2.75) is 31.7 Å². The quantitative estimate of drug-likeness (QED) is 0.842. The highest BCUT2D eigenvalue weighted by molar-refractivity contribution is 5.88. The van der Waals surface area contributed by atoms with E-state index in [1.165, 1.54) is 24.8 Å². The number of aromatic nitrogens is 1. The average Bonchev–Trinajstić information content (AvgIpc) is 3.04. The highest BCUT2D eigenvalue weighted by Gasteiger charge is 2.20. The summed E-state index contributed by atoms with van der Waals surface area (Å²) >= 11 is 0. The van der Waals surface area contributed by atoms with Crippen molar-refractivity contribution in [2.24, 2.45) is 0 Å². The van der Waals surface area contributed by atoms with Gasteiger partial charge in [0.05, 0.1) is 19.4 Å². The summed E-state index contributed by atoms with van der Waals surface area (Å²) in [5.74, 6) is 1.93. The second kappa shape index (κ2) is 7.97. The average molecular weight is 329 g/mol. The summed E-state index contributed by atoms with van der Waals surface area (Å²) in [6.07, 6.45) is 7.24. The minimum absolute atomic E-state index is 0.215. The third kappa shape index (κ3) is 4.14. The van der Waals surface area contributed by atoms with Crippen LogP contribution in [0.3, 0.4) is 0 Å². The topological polar surface area (TPSA) is 67.6 Å². The summed E-state index contributed by atoms with van der Waals surface area (Å²) in [6, 6.07) is 7.36. The van der Waals surface area contributed by atoms with E-state index in [2.05, 4.69) is 16.4 Å². The maximum atomic E-state index is 12.5. The second-order valence-corrected chi connectivity index (χ2v) is 6.03. The van der Waals surface area contributed by atoms with Gasteiger partial charge >= 0.3 is 6.03 Å². The first-order valence-electron chi connectivity index (χ1n) is 8.29. The number of rotatable bonds is 7. The zero-order valence-corrected chi connectivity index (χ0v) is 13.9. The number of ether oxygens (including phenoxy) is 1. The van der Waals surface area contributed by atoms with Gasteiger partial charge < -0.3 is 14.1 Å². The number of carbonyl (C=O) groups excluding carboxylic acids is 1. The van der Waals surface area contributed by atoms with Crippen LogP contribution in [0.15, 0.2) is 41.1 Å². The standard InChI is InChI=1S/C18H23N3O3/c1-23-11-9-21(13-16-6-3-10-24-16)18(22)20-17-8-7-15(12-19-17)14-4-2-5-14/h3,6-8,10,12,14H,2,4-5,9,11,13H2,1H3,(H,19,20,22). The van der Waals surface area contributed by atoms with Gasteiger partial charge in [0.1, 0.15) is 11.6 Å². The molecule has 2 aromatic heterocycles. The van der Waals surface area contributed by atoms with Crippen LogP contribution < -0.4 is 5.32 Å². The number of amides is 2. The largest absolute Gasteiger partial charge is 0.467 e. The number of hydrogen-bond acceptors (Lipinski definition) is 4. The van der Waals surface area contributed by atoms with Crippen LogP contribution in [0.1, 0.15) is 36.5 Å². The van der Waals surface area contributed by atoms with Gasteiger partial charge in [0.25, 0.3) is 0 Å². The van der Waals surface area contributed by atoms with E-state index >= 15 is 0 Å². The molecule has 0 aliphatic heterocycles. The van der Waals surface area contributed by atoms with Crippen LogP contribution in [0.4, 0.5) is 10.6 Å². The first kappa shape index (κ1) is 16.5. The molecule has 1 N–H and O–H groups in total. The Labute approximate surface area is 141 Å². The van der Waals surface area contributed by atoms with Crippen molar-refractivity contribution >= 4 is 11.8 Å². The van der Waals surface area contributed by atoms with E-state index in [-0.39, 0.29) is 6.03 Å². The zero-order chi connectivity index (χ0) is 16.8. The molecule has 2 amide bonds. The molecule has 1 fully saturated rings. The molecule has 128 valence electrons. The minimum atomic E-state index is -0.215. The Bertz CT molecular complexity index is 636. The minimum Gasteiger partial charge on any atom is -0.467 e. The molecular formula is C18H23N3O3. The lowest BCUT2D eigenvalue weighted by atomic mass is 9.81. The number of pyridine rings is 1. The summed E-state index contributed by atoms with van der Waals surface area (Å²) in [7, 11) is 1.61. The fourth-order valence-electron chi connectivity index (χ4n) is 2.70. The normalized spacial score (nSPS) is 14.2. The Balaban J connectivity index is 1.60. The van der Waals surface area contributed by atoms with Crippen molar-refractivity contribution in [2.75, 3.05) is 25.6 Å². The van der Waals surface area contributed by atoms with Crippen LogP contribution in [-0.2, 0) is 11.3 Å². The molecule has 1 aliphatic carbocycles. The van der Waals surface area contributed by atoms with Crippen molar-refractivity contribution < 1.29 is 13.9 Å². The number of hydrogen-bond donors (Lipinski definition) is 1. The van der Waals surface area contributed by atoms with Crippen LogP contribution in [0, 0.1) is 0 Å². The molecule has 0 aromatic carbocycles. The Morgan fingerprint density at radius 3 is 2.88 bits per heavy atom. The zero-order valence-electron chi connectivity index (χ0n) is 13.9. The van der Waals surface area contributed by atoms with Gasteiger partial charge in [-0.25, -0.2) is 9.78 Å². The van der Waals surface area contributed by atoms with Crippen molar-refractivity contribution in [1.29, 1.82) is 0 Å². The van der Waals surface area contributed by atoms with Crippen molar-refractivity contribution in [3.8, 4) is 0 Å². The molecule has 24 heavy (non-hydrogen) atoms. The molecule has 0 spiro atoms. The smallest absolute Gasteiger partial charge is 0.323 e. The van der Waals surface area contributed by atoms with Crippen LogP contribution >= 0.6 is 0 Å². The van der Waals surface area contributed by atoms with Gasteiger partial charge in [-0.05, 0) is 42.5 Å². The van der Waals surface area contributed by atoms with Crippen LogP contribution in [0.5, 0.6) is 0 Å². The Kier molecular flexibility index (Phi) is 5.48. The summed E-state index contributed by atoms with van der Waals surface area (Å²) in [5, 5.41) is 2.84. The van der Waals surface area contributed by atoms with E-state index in [4.69, 9.17) is 9.15 Å². The molecule has 0 radical (unpaired) electrons. The molecule has 2 aromatic rings. The molecule has 6 heteroatoms. The van der Waals surface area contributed by atoms with E-state index in [9.17, 15) is 4.79 Å². The van der Waals surface area contributed by atoms with E-state index in [1.54, 1.807) is 18.3 Å². The number of urea groups is 1. The van der Waals surface area contributed by atoms with Crippen molar-refractivity contribution in [3.63, 3.8) is 0 Å². The summed E-state index contributed by atoms with van der Waals surface area (Å²) in [4.78, 5) is 18.5. The number of methoxy groups -OCH3 is 1. The number of nitrogens with one attached hydrogen (secondary N) is 1. The van der Waals surface area contributed by atoms with E-state index in [1.807, 2.05) is 24.4 Å². The highest BCUT2D eigenvalue weighted by Crippen LogP contribution is 2.36. The maximum Gasteiger partial charge on any atom is 0.323 e. The first-order valence-corrected chi connectivity index (χ1v) is 8.29. The van der Waals surface area contributed by atoms with E-state index in [0.717, 1.165) is 5.76 Å². The van der Waals surface area contributed by atoms with Crippen molar-refractivity contribution in [1.82, 2.24) is 9.88 Å². The van der Waals surface area contributed by atoms with Gasteiger partial charge in [0, 0.05) is 19.9 Å². The molecule has 1 saturated carbocycles. The molecule has 6 nitrogen and oxygen atoms in total. The Hall–Kier alpha value is -2.34. The van der Waals surface area contributed by atoms with Gasteiger partial charge in [0.15, 0.2) is 0 Å². The van der Waals surface area contributed by atoms with Gasteiger partial charge in [-0.2, -0.15) is 0 Å². The Morgan fingerprint density at radius 1 is 1.42 bits per heavy atom. The highest BCUT2D eigenvalue weighted by atomic mass is 16.5. The second-order valence-electron chi connectivity index (χ2n) is 6.03. The molecule has 3 rings (SSSR count). The third-order valence-electron chi connectivity index (χ3n) is 4.38. The van der Waals surface area contributed by atoms with Crippen molar-refractivity contribution in [3.05, 3.63) is 48.0 Å². The van der Waals surface area contributed by atoms with E-state index in [0.29, 0.717) is 31.4 Å². The van der Waals surface area contributed by atoms with Gasteiger partial charge in [-0.3, -0.25) is 5.32 Å². The number of carbonyl (C=O) groups is 1. The summed E-state index contributed by atoms with van der Waals surface area (Å²) in [5.41, 5.74) is 1.26. The van der Waals surface area contributed by atoms with Crippen LogP contribution in [0.25, 0.3) is 0 Å². The molecule has 1 aliphatic rings. The van der Waals surface area contributed by atoms with Crippen LogP contribution in [-0.4, -0.2) is 36.2 Å². The molecule has 2 heterocycles. The van der Waals surface area contributed by atoms with Crippen LogP contribution in [0.2, 0.25) is 0 Å². The number of nitrogens with zero attached hydrogens (tertiary/aromatic N) is 2. The number of furan rings is 1. The SMILES string of the molecule is COCCN(Cc1ccco1)C(=O)Nc1ccc(C2CCC2)cn1. The first-order chi connectivity index (χ1) is 11.8. The molecule has 0 bridgehead atoms. The fourth-order valence-corrected chi connectivity index (χ4v) is 2.70. The summed E-state index contributed by atoms with van der Waals surface area (Å²) in [6.45, 7) is 1.33. The predicted molar refractivity (Wildman–Crippen MR) is 90.8 cm³/mol. The summed E-state index contributed by atoms with van der Waals surface area (Å²) < 4.78 is 10.4. The predicted octanol–water partition coefficient (Wildman–Crippen LogP) is 3.62. The third-order valence-corrected chi connectivity index (χ3v) is 4.38. The lowest BCUT2D eigenvalue weighted by molar-refractivity contribution is 0.149.